The highest BCUT2D eigenvalue weighted by Gasteiger charge is 2.19. The Balaban J connectivity index is 2.07. The van der Waals surface area contributed by atoms with E-state index in [2.05, 4.69) is 36.2 Å². The zero-order valence-corrected chi connectivity index (χ0v) is 17.2. The van der Waals surface area contributed by atoms with E-state index in [1.165, 1.54) is 16.9 Å². The van der Waals surface area contributed by atoms with Crippen LogP contribution in [0.3, 0.4) is 0 Å². The van der Waals surface area contributed by atoms with E-state index in [0.717, 1.165) is 56.3 Å². The second kappa shape index (κ2) is 7.41. The topological polar surface area (TPSA) is 68.1 Å². The number of hydrogen-bond donors (Lipinski definition) is 2. The van der Waals surface area contributed by atoms with Gasteiger partial charge >= 0.3 is 0 Å². The fourth-order valence-corrected chi connectivity index (χ4v) is 4.68. The van der Waals surface area contributed by atoms with E-state index < -0.39 is 0 Å². The van der Waals surface area contributed by atoms with E-state index in [4.69, 9.17) is 10.5 Å². The van der Waals surface area contributed by atoms with Gasteiger partial charge in [-0.15, -0.1) is 11.3 Å². The number of thiophene rings is 1. The second-order valence-corrected chi connectivity index (χ2v) is 8.13. The predicted molar refractivity (Wildman–Crippen MR) is 119 cm³/mol. The summed E-state index contributed by atoms with van der Waals surface area (Å²) in [4.78, 5) is 15.7. The minimum atomic E-state index is -0.0319. The monoisotopic (exact) mass is 392 g/mol. The van der Waals surface area contributed by atoms with E-state index in [9.17, 15) is 4.79 Å². The number of nitrogens with two attached hydrogens (primary N) is 1. The highest BCUT2D eigenvalue weighted by atomic mass is 32.1. The van der Waals surface area contributed by atoms with Crippen molar-refractivity contribution in [2.75, 3.05) is 7.11 Å². The highest BCUT2D eigenvalue weighted by molar-refractivity contribution is 7.17. The summed E-state index contributed by atoms with van der Waals surface area (Å²) in [6.07, 6.45) is 1.65. The first-order chi connectivity index (χ1) is 13.5. The van der Waals surface area contributed by atoms with Gasteiger partial charge < -0.3 is 15.5 Å². The molecule has 0 saturated carbocycles. The van der Waals surface area contributed by atoms with E-state index in [0.29, 0.717) is 0 Å². The van der Waals surface area contributed by atoms with Crippen LogP contribution in [0, 0.1) is 0 Å². The lowest BCUT2D eigenvalue weighted by molar-refractivity contribution is 0.416. The summed E-state index contributed by atoms with van der Waals surface area (Å²) in [5, 5.41) is 4.00. The Morgan fingerprint density at radius 2 is 1.96 bits per heavy atom. The number of hydrogen-bond acceptors (Lipinski definition) is 4. The molecule has 1 unspecified atom stereocenters. The fourth-order valence-electron chi connectivity index (χ4n) is 3.88. The van der Waals surface area contributed by atoms with Crippen LogP contribution >= 0.6 is 11.3 Å². The van der Waals surface area contributed by atoms with Crippen LogP contribution in [0.4, 0.5) is 0 Å². The number of rotatable bonds is 5. The van der Waals surface area contributed by atoms with Crippen molar-refractivity contribution >= 4 is 32.3 Å². The lowest BCUT2D eigenvalue weighted by atomic mass is 9.93. The van der Waals surface area contributed by atoms with Crippen molar-refractivity contribution in [1.82, 2.24) is 4.98 Å². The summed E-state index contributed by atoms with van der Waals surface area (Å²) >= 11 is 1.47. The second-order valence-electron chi connectivity index (χ2n) is 7.21. The molecule has 0 fully saturated rings. The van der Waals surface area contributed by atoms with Crippen LogP contribution in [0.15, 0.2) is 46.6 Å². The lowest BCUT2D eigenvalue weighted by Gasteiger charge is -2.17. The van der Waals surface area contributed by atoms with Gasteiger partial charge in [0.05, 0.1) is 12.6 Å². The van der Waals surface area contributed by atoms with Gasteiger partial charge in [0.25, 0.3) is 5.56 Å². The van der Waals surface area contributed by atoms with Gasteiger partial charge in [-0.2, -0.15) is 0 Å². The van der Waals surface area contributed by atoms with E-state index in [-0.39, 0.29) is 11.6 Å². The Hall–Kier alpha value is -2.63. The summed E-state index contributed by atoms with van der Waals surface area (Å²) in [5.74, 6) is 0.823. The van der Waals surface area contributed by atoms with Crippen molar-refractivity contribution in [3.8, 4) is 16.9 Å². The van der Waals surface area contributed by atoms with Crippen molar-refractivity contribution in [1.29, 1.82) is 0 Å². The molecule has 1 atom stereocenters. The maximum atomic E-state index is 12.6. The Morgan fingerprint density at radius 3 is 2.61 bits per heavy atom. The van der Waals surface area contributed by atoms with Crippen molar-refractivity contribution in [2.24, 2.45) is 5.73 Å². The van der Waals surface area contributed by atoms with Crippen LogP contribution in [0.2, 0.25) is 0 Å². The molecule has 0 aliphatic rings. The highest BCUT2D eigenvalue weighted by Crippen LogP contribution is 2.42. The quantitative estimate of drug-likeness (QED) is 0.509. The van der Waals surface area contributed by atoms with Crippen LogP contribution in [0.25, 0.3) is 32.1 Å². The molecule has 3 N–H and O–H groups in total. The molecule has 4 rings (SSSR count). The Bertz CT molecular complexity index is 1200. The van der Waals surface area contributed by atoms with Crippen molar-refractivity contribution < 1.29 is 4.74 Å². The Labute approximate surface area is 168 Å². The predicted octanol–water partition coefficient (Wildman–Crippen LogP) is 4.87. The van der Waals surface area contributed by atoms with Gasteiger partial charge in [-0.05, 0) is 54.0 Å². The molecule has 0 radical (unpaired) electrons. The molecule has 0 spiro atoms. The molecule has 2 aromatic carbocycles. The lowest BCUT2D eigenvalue weighted by Crippen LogP contribution is -2.17. The molecule has 0 amide bonds. The molecule has 0 bridgehead atoms. The van der Waals surface area contributed by atoms with Crippen LogP contribution in [0.1, 0.15) is 25.0 Å². The molecule has 28 heavy (non-hydrogen) atoms. The molecular weight excluding hydrogens is 368 g/mol. The van der Waals surface area contributed by atoms with Crippen molar-refractivity contribution in [3.05, 3.63) is 63.3 Å². The molecule has 2 heterocycles. The van der Waals surface area contributed by atoms with Crippen molar-refractivity contribution in [3.63, 3.8) is 0 Å². The van der Waals surface area contributed by atoms with Gasteiger partial charge in [0.2, 0.25) is 0 Å². The van der Waals surface area contributed by atoms with Crippen LogP contribution in [-0.2, 0) is 12.8 Å². The van der Waals surface area contributed by atoms with Gasteiger partial charge in [-0.25, -0.2) is 0 Å². The molecule has 4 nitrogen and oxygen atoms in total. The number of methoxy groups -OCH3 is 1. The number of fused-ring (bicyclic) bond motifs is 3. The summed E-state index contributed by atoms with van der Waals surface area (Å²) in [6.45, 7) is 4.10. The first kappa shape index (κ1) is 18.7. The number of H-pyrrole nitrogens is 1. The first-order valence-corrected chi connectivity index (χ1v) is 10.4. The Kier molecular flexibility index (Phi) is 4.96. The third kappa shape index (κ3) is 3.11. The summed E-state index contributed by atoms with van der Waals surface area (Å²) in [5.41, 5.74) is 11.2. The zero-order valence-electron chi connectivity index (χ0n) is 16.3. The van der Waals surface area contributed by atoms with Crippen LogP contribution < -0.4 is 16.0 Å². The maximum absolute atomic E-state index is 12.6. The number of nitrogens with one attached hydrogen (secondary N) is 1. The van der Waals surface area contributed by atoms with Gasteiger partial charge in [0.15, 0.2) is 0 Å². The molecular formula is C23H24N2O2S. The van der Waals surface area contributed by atoms with Crippen LogP contribution in [-0.4, -0.2) is 18.1 Å². The SMILES string of the molecule is CCc1cc(OC)c(-c2ccc(CC(C)N)cc2)c2c1[nH]c(=O)c1sccc12. The third-order valence-corrected chi connectivity index (χ3v) is 6.07. The number of benzene rings is 2. The van der Waals surface area contributed by atoms with E-state index in [1.807, 2.05) is 24.4 Å². The maximum Gasteiger partial charge on any atom is 0.266 e. The normalized spacial score (nSPS) is 12.6. The molecule has 4 aromatic rings. The smallest absolute Gasteiger partial charge is 0.266 e. The average molecular weight is 393 g/mol. The summed E-state index contributed by atoms with van der Waals surface area (Å²) in [7, 11) is 1.70. The molecule has 0 aliphatic carbocycles. The number of pyridine rings is 1. The average Bonchev–Trinajstić information content (AvgIpc) is 3.18. The number of aromatic nitrogens is 1. The standard InChI is InChI=1S/C23H24N2O2S/c1-4-15-12-18(27-3)19(16-7-5-14(6-8-16)11-13(2)24)20-17-9-10-28-22(17)23(26)25-21(15)20/h5-10,12-13H,4,11,24H2,1-3H3,(H,25,26). The van der Waals surface area contributed by atoms with E-state index >= 15 is 0 Å². The molecule has 0 aliphatic heterocycles. The van der Waals surface area contributed by atoms with Crippen molar-refractivity contribution in [2.45, 2.75) is 32.7 Å². The third-order valence-electron chi connectivity index (χ3n) is 5.15. The molecule has 5 heteroatoms. The Morgan fingerprint density at radius 1 is 1.21 bits per heavy atom. The zero-order chi connectivity index (χ0) is 19.8. The van der Waals surface area contributed by atoms with Gasteiger partial charge in [0.1, 0.15) is 10.4 Å². The van der Waals surface area contributed by atoms with Gasteiger partial charge in [-0.1, -0.05) is 31.2 Å². The summed E-state index contributed by atoms with van der Waals surface area (Å²) < 4.78 is 6.54. The number of aryl methyl sites for hydroxylation is 1. The number of ether oxygens (including phenoxy) is 1. The van der Waals surface area contributed by atoms with E-state index in [1.54, 1.807) is 7.11 Å². The van der Waals surface area contributed by atoms with Crippen LogP contribution in [0.5, 0.6) is 5.75 Å². The minimum Gasteiger partial charge on any atom is -0.496 e. The minimum absolute atomic E-state index is 0.0319. The molecule has 0 saturated heterocycles. The van der Waals surface area contributed by atoms with Gasteiger partial charge in [-0.3, -0.25) is 4.79 Å². The summed E-state index contributed by atoms with van der Waals surface area (Å²) in [6, 6.07) is 12.7. The molecule has 144 valence electrons. The van der Waals surface area contributed by atoms with Gasteiger partial charge in [0, 0.05) is 22.4 Å². The number of aromatic amines is 1. The molecule has 2 aromatic heterocycles. The fraction of sp³-hybridized carbons (Fsp3) is 0.261. The largest absolute Gasteiger partial charge is 0.496 e. The first-order valence-electron chi connectivity index (χ1n) is 9.51.